The number of rotatable bonds is 3. The fourth-order valence-electron chi connectivity index (χ4n) is 1.37. The molecule has 1 heterocycles. The van der Waals surface area contributed by atoms with E-state index in [0.29, 0.717) is 17.3 Å². The zero-order valence-electron chi connectivity index (χ0n) is 8.83. The molecule has 1 aromatic heterocycles. The number of nitrogens with zero attached hydrogens (tertiary/aromatic N) is 1. The highest BCUT2D eigenvalue weighted by Gasteiger charge is 2.03. The van der Waals surface area contributed by atoms with Crippen molar-refractivity contribution >= 4 is 34.3 Å². The third-order valence-electron chi connectivity index (χ3n) is 2.18. The summed E-state index contributed by atoms with van der Waals surface area (Å²) in [5.41, 5.74) is 8.28. The number of para-hydroxylation sites is 1. The molecule has 0 aliphatic heterocycles. The first kappa shape index (κ1) is 11.2. The lowest BCUT2D eigenvalue weighted by molar-refractivity contribution is 1.06. The minimum atomic E-state index is 0.569. The number of thiazole rings is 1. The molecule has 0 saturated carbocycles. The molecule has 2 rings (SSSR count). The number of nitrogens with one attached hydrogen (secondary N) is 1. The predicted octanol–water partition coefficient (Wildman–Crippen LogP) is 3.30. The maximum Gasteiger partial charge on any atom is 0.0898 e. The second-order valence-electron chi connectivity index (χ2n) is 3.41. The van der Waals surface area contributed by atoms with Crippen molar-refractivity contribution in [2.45, 2.75) is 13.5 Å². The number of aryl methyl sites for hydroxylation is 1. The van der Waals surface area contributed by atoms with Gasteiger partial charge in [-0.3, -0.25) is 0 Å². The van der Waals surface area contributed by atoms with Crippen molar-refractivity contribution in [3.05, 3.63) is 39.3 Å². The normalized spacial score (nSPS) is 10.4. The van der Waals surface area contributed by atoms with E-state index in [2.05, 4.69) is 10.3 Å². The van der Waals surface area contributed by atoms with Gasteiger partial charge in [0.15, 0.2) is 0 Å². The molecule has 0 fully saturated rings. The van der Waals surface area contributed by atoms with Gasteiger partial charge >= 0.3 is 0 Å². The van der Waals surface area contributed by atoms with Gasteiger partial charge in [-0.15, -0.1) is 11.3 Å². The van der Waals surface area contributed by atoms with E-state index in [0.717, 1.165) is 16.4 Å². The molecule has 0 aliphatic carbocycles. The molecule has 2 aromatic rings. The first-order valence-corrected chi connectivity index (χ1v) is 6.11. The number of halogens is 1. The van der Waals surface area contributed by atoms with Crippen molar-refractivity contribution in [1.29, 1.82) is 0 Å². The lowest BCUT2D eigenvalue weighted by Crippen LogP contribution is -2.03. The molecule has 0 aliphatic rings. The summed E-state index contributed by atoms with van der Waals surface area (Å²) in [6.07, 6.45) is 0. The van der Waals surface area contributed by atoms with Gasteiger partial charge in [-0.1, -0.05) is 17.7 Å². The van der Waals surface area contributed by atoms with Gasteiger partial charge in [0, 0.05) is 5.38 Å². The summed E-state index contributed by atoms with van der Waals surface area (Å²) in [4.78, 5) is 4.36. The van der Waals surface area contributed by atoms with Crippen molar-refractivity contribution in [3.8, 4) is 0 Å². The quantitative estimate of drug-likeness (QED) is 0.826. The van der Waals surface area contributed by atoms with Gasteiger partial charge in [-0.25, -0.2) is 4.98 Å². The van der Waals surface area contributed by atoms with E-state index < -0.39 is 0 Å². The highest BCUT2D eigenvalue weighted by molar-refractivity contribution is 7.09. The third-order valence-corrected chi connectivity index (χ3v) is 3.33. The van der Waals surface area contributed by atoms with E-state index >= 15 is 0 Å². The van der Waals surface area contributed by atoms with Crippen LogP contribution in [0.15, 0.2) is 23.6 Å². The van der Waals surface area contributed by atoms with E-state index in [1.54, 1.807) is 17.4 Å². The minimum Gasteiger partial charge on any atom is -0.396 e. The van der Waals surface area contributed by atoms with Crippen molar-refractivity contribution in [3.63, 3.8) is 0 Å². The monoisotopic (exact) mass is 253 g/mol. The Morgan fingerprint density at radius 1 is 1.50 bits per heavy atom. The molecule has 0 amide bonds. The number of aromatic nitrogens is 1. The summed E-state index contributed by atoms with van der Waals surface area (Å²) in [5.74, 6) is 0. The fourth-order valence-corrected chi connectivity index (χ4v) is 2.15. The van der Waals surface area contributed by atoms with Crippen LogP contribution in [0.1, 0.15) is 10.7 Å². The van der Waals surface area contributed by atoms with Crippen LogP contribution in [0, 0.1) is 6.92 Å². The molecule has 0 bridgehead atoms. The average molecular weight is 254 g/mol. The SMILES string of the molecule is Cc1nc(CNc2cccc(Cl)c2N)cs1. The minimum absolute atomic E-state index is 0.569. The summed E-state index contributed by atoms with van der Waals surface area (Å²) in [6, 6.07) is 5.54. The fraction of sp³-hybridized carbons (Fsp3) is 0.182. The maximum atomic E-state index is 5.92. The Morgan fingerprint density at radius 2 is 2.31 bits per heavy atom. The lowest BCUT2D eigenvalue weighted by Gasteiger charge is -2.08. The summed E-state index contributed by atoms with van der Waals surface area (Å²) in [6.45, 7) is 2.65. The van der Waals surface area contributed by atoms with Crippen LogP contribution >= 0.6 is 22.9 Å². The Bertz CT molecular complexity index is 496. The van der Waals surface area contributed by atoms with Crippen LogP contribution in [0.3, 0.4) is 0 Å². The molecule has 0 radical (unpaired) electrons. The van der Waals surface area contributed by atoms with E-state index in [1.807, 2.05) is 24.4 Å². The zero-order valence-corrected chi connectivity index (χ0v) is 10.4. The Labute approximate surface area is 103 Å². The van der Waals surface area contributed by atoms with Gasteiger partial charge in [-0.2, -0.15) is 0 Å². The third kappa shape index (κ3) is 2.46. The Morgan fingerprint density at radius 3 is 3.00 bits per heavy atom. The molecular weight excluding hydrogens is 242 g/mol. The number of nitrogen functional groups attached to an aromatic ring is 1. The molecule has 0 unspecified atom stereocenters. The standard InChI is InChI=1S/C11H12ClN3S/c1-7-15-8(6-16-7)5-14-10-4-2-3-9(12)11(10)13/h2-4,6,14H,5,13H2,1H3. The van der Waals surface area contributed by atoms with E-state index in [1.165, 1.54) is 0 Å². The predicted molar refractivity (Wildman–Crippen MR) is 70.0 cm³/mol. The molecule has 0 atom stereocenters. The van der Waals surface area contributed by atoms with Crippen LogP contribution in [-0.2, 0) is 6.54 Å². The summed E-state index contributed by atoms with van der Waals surface area (Å²) < 4.78 is 0. The molecule has 3 nitrogen and oxygen atoms in total. The number of nitrogens with two attached hydrogens (primary N) is 1. The number of anilines is 2. The highest BCUT2D eigenvalue weighted by atomic mass is 35.5. The Hall–Kier alpha value is -1.26. The molecule has 1 aromatic carbocycles. The van der Waals surface area contributed by atoms with Crippen LogP contribution in [0.5, 0.6) is 0 Å². The first-order chi connectivity index (χ1) is 7.66. The Kier molecular flexibility index (Phi) is 3.31. The smallest absolute Gasteiger partial charge is 0.0898 e. The van der Waals surface area contributed by atoms with Crippen molar-refractivity contribution in [1.82, 2.24) is 4.98 Å². The summed E-state index contributed by atoms with van der Waals surface area (Å²) in [5, 5.41) is 6.88. The molecule has 16 heavy (non-hydrogen) atoms. The van der Waals surface area contributed by atoms with Gasteiger partial charge in [0.05, 0.1) is 33.6 Å². The van der Waals surface area contributed by atoms with Crippen molar-refractivity contribution in [2.24, 2.45) is 0 Å². The van der Waals surface area contributed by atoms with E-state index in [4.69, 9.17) is 17.3 Å². The highest BCUT2D eigenvalue weighted by Crippen LogP contribution is 2.27. The van der Waals surface area contributed by atoms with Gasteiger partial charge in [0.25, 0.3) is 0 Å². The first-order valence-electron chi connectivity index (χ1n) is 4.85. The number of hydrogen-bond donors (Lipinski definition) is 2. The second-order valence-corrected chi connectivity index (χ2v) is 4.88. The van der Waals surface area contributed by atoms with Gasteiger partial charge < -0.3 is 11.1 Å². The summed E-state index contributed by atoms with van der Waals surface area (Å²) in [7, 11) is 0. The molecule has 3 N–H and O–H groups in total. The van der Waals surface area contributed by atoms with Gasteiger partial charge in [0.2, 0.25) is 0 Å². The topological polar surface area (TPSA) is 50.9 Å². The van der Waals surface area contributed by atoms with Gasteiger partial charge in [0.1, 0.15) is 0 Å². The Balaban J connectivity index is 2.07. The number of hydrogen-bond acceptors (Lipinski definition) is 4. The average Bonchev–Trinajstić information content (AvgIpc) is 2.67. The van der Waals surface area contributed by atoms with Gasteiger partial charge in [-0.05, 0) is 19.1 Å². The molecule has 0 saturated heterocycles. The summed E-state index contributed by atoms with van der Waals surface area (Å²) >= 11 is 7.56. The largest absolute Gasteiger partial charge is 0.396 e. The zero-order chi connectivity index (χ0) is 11.5. The molecule has 0 spiro atoms. The molecule has 5 heteroatoms. The van der Waals surface area contributed by atoms with Crippen molar-refractivity contribution < 1.29 is 0 Å². The number of benzene rings is 1. The van der Waals surface area contributed by atoms with Crippen LogP contribution in [-0.4, -0.2) is 4.98 Å². The molecular formula is C11H12ClN3S. The lowest BCUT2D eigenvalue weighted by atomic mass is 10.2. The van der Waals surface area contributed by atoms with E-state index in [9.17, 15) is 0 Å². The van der Waals surface area contributed by atoms with Crippen LogP contribution in [0.2, 0.25) is 5.02 Å². The second kappa shape index (κ2) is 4.72. The van der Waals surface area contributed by atoms with E-state index in [-0.39, 0.29) is 0 Å². The molecule has 84 valence electrons. The van der Waals surface area contributed by atoms with Crippen molar-refractivity contribution in [2.75, 3.05) is 11.1 Å². The maximum absolute atomic E-state index is 5.92. The van der Waals surface area contributed by atoms with Crippen LogP contribution < -0.4 is 11.1 Å². The van der Waals surface area contributed by atoms with Crippen LogP contribution in [0.4, 0.5) is 11.4 Å². The van der Waals surface area contributed by atoms with Crippen LogP contribution in [0.25, 0.3) is 0 Å².